The van der Waals surface area contributed by atoms with E-state index in [1.807, 2.05) is 18.3 Å². The van der Waals surface area contributed by atoms with E-state index < -0.39 is 0 Å². The molecule has 5 aromatic carbocycles. The number of aromatic nitrogens is 3. The van der Waals surface area contributed by atoms with Gasteiger partial charge in [0.1, 0.15) is 17.2 Å². The molecule has 3 heterocycles. The second-order valence-corrected chi connectivity index (χ2v) is 18.2. The average Bonchev–Trinajstić information content (AvgIpc) is 3.51. The van der Waals surface area contributed by atoms with Crippen molar-refractivity contribution in [3.8, 4) is 33.8 Å². The van der Waals surface area contributed by atoms with Crippen LogP contribution in [0.25, 0.3) is 50.0 Å². The molecule has 0 bridgehead atoms. The van der Waals surface area contributed by atoms with Gasteiger partial charge in [0.25, 0.3) is 0 Å². The number of benzene rings is 5. The molecule has 0 atom stereocenters. The number of hydrogen-bond donors (Lipinski definition) is 1. The maximum Gasteiger partial charge on any atom is 0.143 e. The van der Waals surface area contributed by atoms with Crippen molar-refractivity contribution >= 4 is 39.1 Å². The molecule has 0 radical (unpaired) electrons. The van der Waals surface area contributed by atoms with E-state index in [-0.39, 0.29) is 43.1 Å². The molecule has 3 aromatic heterocycles. The third kappa shape index (κ3) is 7.73. The quantitative estimate of drug-likeness (QED) is 0.169. The topological polar surface area (TPSA) is 54.2 Å². The van der Waals surface area contributed by atoms with Crippen LogP contribution in [0.2, 0.25) is 0 Å². The number of phenols is 1. The molecule has 8 aromatic rings. The Morgan fingerprint density at radius 1 is 0.603 bits per heavy atom. The Balaban J connectivity index is 0.00000512. The summed E-state index contributed by atoms with van der Waals surface area (Å²) in [6.45, 7) is 19.8. The van der Waals surface area contributed by atoms with E-state index in [2.05, 4.69) is 199 Å². The first-order chi connectivity index (χ1) is 27.1. The normalized spacial score (nSPS) is 12.2. The first kappa shape index (κ1) is 40.7. The molecule has 0 saturated carbocycles. The van der Waals surface area contributed by atoms with E-state index in [1.54, 1.807) is 0 Å². The van der Waals surface area contributed by atoms with Gasteiger partial charge in [-0.15, -0.1) is 29.3 Å². The summed E-state index contributed by atoms with van der Waals surface area (Å²) in [7, 11) is 0. The summed E-state index contributed by atoms with van der Waals surface area (Å²) in [5.74, 6) is 1.07. The Hall–Kier alpha value is -5.51. The number of nitrogens with zero attached hydrogens (tertiary/aromatic N) is 4. The molecule has 6 heteroatoms. The van der Waals surface area contributed by atoms with Crippen LogP contribution in [-0.2, 0) is 37.3 Å². The van der Waals surface area contributed by atoms with E-state index in [0.29, 0.717) is 0 Å². The SMILES string of the molecule is CC(C)(C)c1cc(-c2ccc3c4ccccc4n(-c4cc(C(C)(C)C)cc(C(C)(C)C)c4O)c3n2)[c-]c(N(c2ccccc2)c2cc(-c3ccccc3)ccn2)c1.[Pt]. The number of anilines is 3. The fourth-order valence-electron chi connectivity index (χ4n) is 7.60. The predicted molar refractivity (Wildman–Crippen MR) is 239 cm³/mol. The van der Waals surface area contributed by atoms with Gasteiger partial charge in [-0.2, -0.15) is 0 Å². The number of phenolic OH excluding ortho intramolecular Hbond substituents is 1. The predicted octanol–water partition coefficient (Wildman–Crippen LogP) is 13.8. The van der Waals surface area contributed by atoms with Crippen molar-refractivity contribution in [1.82, 2.24) is 14.5 Å². The zero-order valence-corrected chi connectivity index (χ0v) is 37.1. The maximum atomic E-state index is 12.2. The van der Waals surface area contributed by atoms with E-state index in [4.69, 9.17) is 9.97 Å². The summed E-state index contributed by atoms with van der Waals surface area (Å²) in [6, 6.07) is 50.2. The van der Waals surface area contributed by atoms with Gasteiger partial charge in [0, 0.05) is 49.3 Å². The van der Waals surface area contributed by atoms with Crippen molar-refractivity contribution in [3.63, 3.8) is 0 Å². The van der Waals surface area contributed by atoms with Crippen molar-refractivity contribution in [2.75, 3.05) is 4.90 Å². The van der Waals surface area contributed by atoms with Crippen LogP contribution in [0.4, 0.5) is 17.2 Å². The van der Waals surface area contributed by atoms with Gasteiger partial charge in [-0.3, -0.25) is 9.55 Å². The molecule has 0 saturated heterocycles. The molecule has 296 valence electrons. The molecule has 0 aliphatic rings. The molecule has 8 rings (SSSR count). The van der Waals surface area contributed by atoms with Gasteiger partial charge < -0.3 is 10.0 Å². The molecular weight excluding hydrogens is 892 g/mol. The Kier molecular flexibility index (Phi) is 10.8. The third-order valence-corrected chi connectivity index (χ3v) is 10.9. The first-order valence-electron chi connectivity index (χ1n) is 19.8. The van der Waals surface area contributed by atoms with Gasteiger partial charge in [-0.25, -0.2) is 4.98 Å². The molecule has 1 N–H and O–H groups in total. The molecule has 0 spiro atoms. The second kappa shape index (κ2) is 15.3. The van der Waals surface area contributed by atoms with Crippen molar-refractivity contribution in [1.29, 1.82) is 0 Å². The van der Waals surface area contributed by atoms with E-state index in [0.717, 1.165) is 83.9 Å². The molecule has 0 aliphatic heterocycles. The Bertz CT molecular complexity index is 2750. The third-order valence-electron chi connectivity index (χ3n) is 10.9. The van der Waals surface area contributed by atoms with Crippen LogP contribution >= 0.6 is 0 Å². The summed E-state index contributed by atoms with van der Waals surface area (Å²) in [6.07, 6.45) is 1.88. The van der Waals surface area contributed by atoms with Gasteiger partial charge in [-0.05, 0) is 80.7 Å². The van der Waals surface area contributed by atoms with Gasteiger partial charge in [0.15, 0.2) is 0 Å². The van der Waals surface area contributed by atoms with Crippen molar-refractivity contribution in [3.05, 3.63) is 162 Å². The fraction of sp³-hybridized carbons (Fsp3) is 0.231. The molecular formula is C52H51N4OPt-. The van der Waals surface area contributed by atoms with Gasteiger partial charge in [0.2, 0.25) is 0 Å². The van der Waals surface area contributed by atoms with Gasteiger partial charge in [-0.1, -0.05) is 147 Å². The van der Waals surface area contributed by atoms with Crippen LogP contribution in [0.1, 0.15) is 79.0 Å². The van der Waals surface area contributed by atoms with E-state index in [9.17, 15) is 5.11 Å². The standard InChI is InChI=1S/C52H51N4O.Pt/c1-50(2,3)37-28-36(29-40(31-37)55(39-20-14-11-15-21-39)47-30-35(26-27-53-47)34-18-12-10-13-19-34)44-25-24-42-41-22-16-17-23-45(41)56(49(42)54-44)46-33-38(51(4,5)6)32-43(48(46)57)52(7,8)9;/h10-28,30-33,57H,1-9H3;/q-1;. The largest absolute Gasteiger partial charge is 0.505 e. The summed E-state index contributed by atoms with van der Waals surface area (Å²) in [4.78, 5) is 12.6. The molecule has 0 amide bonds. The smallest absolute Gasteiger partial charge is 0.143 e. The molecule has 0 aliphatic carbocycles. The minimum atomic E-state index is -0.281. The minimum Gasteiger partial charge on any atom is -0.505 e. The summed E-state index contributed by atoms with van der Waals surface area (Å²) < 4.78 is 2.15. The van der Waals surface area contributed by atoms with Crippen molar-refractivity contribution in [2.24, 2.45) is 0 Å². The number of para-hydroxylation sites is 2. The van der Waals surface area contributed by atoms with Crippen LogP contribution in [0, 0.1) is 6.07 Å². The van der Waals surface area contributed by atoms with Crippen molar-refractivity contribution in [2.45, 2.75) is 78.6 Å². The average molecular weight is 943 g/mol. The van der Waals surface area contributed by atoms with Crippen LogP contribution in [0.5, 0.6) is 5.75 Å². The Labute approximate surface area is 357 Å². The van der Waals surface area contributed by atoms with E-state index in [1.165, 1.54) is 0 Å². The first-order valence-corrected chi connectivity index (χ1v) is 19.8. The molecule has 0 unspecified atom stereocenters. The number of rotatable bonds is 6. The number of aromatic hydroxyl groups is 1. The molecule has 58 heavy (non-hydrogen) atoms. The fourth-order valence-corrected chi connectivity index (χ4v) is 7.60. The van der Waals surface area contributed by atoms with Crippen molar-refractivity contribution < 1.29 is 26.2 Å². The van der Waals surface area contributed by atoms with Crippen LogP contribution in [-0.4, -0.2) is 19.6 Å². The van der Waals surface area contributed by atoms with Gasteiger partial charge >= 0.3 is 0 Å². The Morgan fingerprint density at radius 2 is 1.24 bits per heavy atom. The zero-order chi connectivity index (χ0) is 40.3. The maximum absolute atomic E-state index is 12.2. The zero-order valence-electron chi connectivity index (χ0n) is 34.8. The van der Waals surface area contributed by atoms with Crippen LogP contribution in [0.15, 0.2) is 140 Å². The van der Waals surface area contributed by atoms with Crippen LogP contribution < -0.4 is 4.90 Å². The van der Waals surface area contributed by atoms with E-state index >= 15 is 0 Å². The molecule has 0 fully saturated rings. The number of hydrogen-bond acceptors (Lipinski definition) is 4. The summed E-state index contributed by atoms with van der Waals surface area (Å²) in [5.41, 5.74) is 10.9. The summed E-state index contributed by atoms with van der Waals surface area (Å²) in [5, 5.41) is 14.3. The number of fused-ring (bicyclic) bond motifs is 3. The Morgan fingerprint density at radius 3 is 1.91 bits per heavy atom. The van der Waals surface area contributed by atoms with Crippen LogP contribution in [0.3, 0.4) is 0 Å². The second-order valence-electron chi connectivity index (χ2n) is 18.2. The molecule has 5 nitrogen and oxygen atoms in total. The number of pyridine rings is 2. The summed E-state index contributed by atoms with van der Waals surface area (Å²) >= 11 is 0. The van der Waals surface area contributed by atoms with Gasteiger partial charge in [0.05, 0.1) is 11.2 Å². The monoisotopic (exact) mass is 942 g/mol. The minimum absolute atomic E-state index is 0.